The van der Waals surface area contributed by atoms with Crippen molar-refractivity contribution in [2.75, 3.05) is 6.61 Å². The standard InChI is InChI=1S/C27H38O7/c1-16(28)32-15-24(31)27(34-18(3)30)13-10-23-21-7-6-19-14-20(33-17(2)29)8-11-25(19,4)22(21)9-12-26(23,27)5/h6,20-23H,7-15H2,1-5H3/t20-,21-,22+,23+,25+,26+,27+/m1/s1. The summed E-state index contributed by atoms with van der Waals surface area (Å²) >= 11 is 0. The lowest BCUT2D eigenvalue weighted by Crippen LogP contribution is -2.59. The Morgan fingerprint density at radius 1 is 0.912 bits per heavy atom. The van der Waals surface area contributed by atoms with Crippen molar-refractivity contribution in [2.24, 2.45) is 28.6 Å². The van der Waals surface area contributed by atoms with Crippen LogP contribution >= 0.6 is 0 Å². The fourth-order valence-electron chi connectivity index (χ4n) is 8.17. The summed E-state index contributed by atoms with van der Waals surface area (Å²) in [6.07, 6.45) is 8.93. The first-order chi connectivity index (χ1) is 15.9. The van der Waals surface area contributed by atoms with E-state index in [4.69, 9.17) is 14.2 Å². The average Bonchev–Trinajstić information content (AvgIpc) is 3.04. The number of carbonyl (C=O) groups is 4. The van der Waals surface area contributed by atoms with E-state index in [9.17, 15) is 19.2 Å². The number of ketones is 1. The number of rotatable bonds is 5. The minimum atomic E-state index is -1.25. The van der Waals surface area contributed by atoms with E-state index in [0.717, 1.165) is 44.9 Å². The predicted molar refractivity (Wildman–Crippen MR) is 123 cm³/mol. The first-order valence-corrected chi connectivity index (χ1v) is 12.7. The fraction of sp³-hybridized carbons (Fsp3) is 0.778. The summed E-state index contributed by atoms with van der Waals surface area (Å²) in [4.78, 5) is 48.5. The monoisotopic (exact) mass is 474 g/mol. The Hall–Kier alpha value is -2.18. The van der Waals surface area contributed by atoms with E-state index in [1.165, 1.54) is 26.3 Å². The first kappa shape index (κ1) is 24.9. The van der Waals surface area contributed by atoms with Gasteiger partial charge < -0.3 is 14.2 Å². The summed E-state index contributed by atoms with van der Waals surface area (Å²) in [5, 5.41) is 0. The molecule has 3 saturated carbocycles. The van der Waals surface area contributed by atoms with Gasteiger partial charge in [0, 0.05) is 32.6 Å². The van der Waals surface area contributed by atoms with Gasteiger partial charge in [0.1, 0.15) is 6.10 Å². The van der Waals surface area contributed by atoms with Crippen LogP contribution in [0.2, 0.25) is 0 Å². The maximum atomic E-state index is 13.4. The van der Waals surface area contributed by atoms with Crippen molar-refractivity contribution in [3.8, 4) is 0 Å². The number of hydrogen-bond acceptors (Lipinski definition) is 7. The largest absolute Gasteiger partial charge is 0.462 e. The Labute approximate surface area is 202 Å². The minimum Gasteiger partial charge on any atom is -0.462 e. The van der Waals surface area contributed by atoms with Crippen molar-refractivity contribution < 1.29 is 33.4 Å². The van der Waals surface area contributed by atoms with Gasteiger partial charge in [0.2, 0.25) is 5.78 Å². The van der Waals surface area contributed by atoms with Gasteiger partial charge in [-0.15, -0.1) is 0 Å². The molecule has 34 heavy (non-hydrogen) atoms. The van der Waals surface area contributed by atoms with E-state index in [1.807, 2.05) is 0 Å². The molecule has 7 heteroatoms. The van der Waals surface area contributed by atoms with Gasteiger partial charge in [0.05, 0.1) is 0 Å². The Kier molecular flexibility index (Phi) is 6.45. The molecule has 3 fully saturated rings. The van der Waals surface area contributed by atoms with Crippen LogP contribution in [0.25, 0.3) is 0 Å². The van der Waals surface area contributed by atoms with Crippen molar-refractivity contribution in [1.29, 1.82) is 0 Å². The first-order valence-electron chi connectivity index (χ1n) is 12.7. The summed E-state index contributed by atoms with van der Waals surface area (Å²) in [5.41, 5.74) is -0.268. The van der Waals surface area contributed by atoms with Gasteiger partial charge in [-0.2, -0.15) is 0 Å². The minimum absolute atomic E-state index is 0.0378. The van der Waals surface area contributed by atoms with Crippen LogP contribution in [0.3, 0.4) is 0 Å². The second kappa shape index (κ2) is 8.80. The molecule has 0 aromatic carbocycles. The molecule has 188 valence electrons. The number of fused-ring (bicyclic) bond motifs is 5. The van der Waals surface area contributed by atoms with Crippen LogP contribution in [-0.4, -0.2) is 42.0 Å². The van der Waals surface area contributed by atoms with Gasteiger partial charge in [-0.05, 0) is 68.1 Å². The van der Waals surface area contributed by atoms with E-state index in [1.54, 1.807) is 0 Å². The van der Waals surface area contributed by atoms with Gasteiger partial charge in [-0.25, -0.2) is 0 Å². The zero-order valence-corrected chi connectivity index (χ0v) is 21.1. The molecule has 0 aromatic heterocycles. The Balaban J connectivity index is 1.62. The summed E-state index contributed by atoms with van der Waals surface area (Å²) in [7, 11) is 0. The Morgan fingerprint density at radius 2 is 1.62 bits per heavy atom. The highest BCUT2D eigenvalue weighted by Crippen LogP contribution is 2.68. The van der Waals surface area contributed by atoms with Crippen molar-refractivity contribution in [3.63, 3.8) is 0 Å². The molecular formula is C27H38O7. The van der Waals surface area contributed by atoms with Crippen molar-refractivity contribution >= 4 is 23.7 Å². The van der Waals surface area contributed by atoms with Crippen LogP contribution in [0.1, 0.15) is 86.0 Å². The predicted octanol–water partition coefficient (Wildman–Crippen LogP) is 4.32. The van der Waals surface area contributed by atoms with Gasteiger partial charge in [-0.1, -0.05) is 25.5 Å². The molecule has 0 amide bonds. The normalized spacial score (nSPS) is 40.7. The second-order valence-electron chi connectivity index (χ2n) is 11.4. The van der Waals surface area contributed by atoms with E-state index in [0.29, 0.717) is 18.3 Å². The van der Waals surface area contributed by atoms with E-state index in [2.05, 4.69) is 19.9 Å². The lowest BCUT2D eigenvalue weighted by molar-refractivity contribution is -0.190. The van der Waals surface area contributed by atoms with Crippen LogP contribution in [-0.2, 0) is 33.4 Å². The molecule has 4 rings (SSSR count). The lowest BCUT2D eigenvalue weighted by Gasteiger charge is -2.59. The third kappa shape index (κ3) is 3.89. The number of ether oxygens (including phenoxy) is 3. The zero-order chi connectivity index (χ0) is 24.9. The highest BCUT2D eigenvalue weighted by molar-refractivity contribution is 5.93. The maximum Gasteiger partial charge on any atom is 0.303 e. The molecule has 7 atom stereocenters. The molecule has 4 aliphatic rings. The smallest absolute Gasteiger partial charge is 0.303 e. The maximum absolute atomic E-state index is 13.4. The molecule has 0 N–H and O–H groups in total. The summed E-state index contributed by atoms with van der Waals surface area (Å²) < 4.78 is 16.5. The van der Waals surface area contributed by atoms with Crippen LogP contribution in [0, 0.1) is 28.6 Å². The molecule has 0 aliphatic heterocycles. The Morgan fingerprint density at radius 3 is 2.26 bits per heavy atom. The average molecular weight is 475 g/mol. The summed E-state index contributed by atoms with van der Waals surface area (Å²) in [6.45, 7) is 8.20. The van der Waals surface area contributed by atoms with Gasteiger partial charge in [-0.3, -0.25) is 19.2 Å². The number of Topliss-reactive ketones (excluding diaryl/α,β-unsaturated/α-hetero) is 1. The topological polar surface area (TPSA) is 96.0 Å². The number of carbonyl (C=O) groups excluding carboxylic acids is 4. The molecular weight excluding hydrogens is 436 g/mol. The van der Waals surface area contributed by atoms with Crippen LogP contribution in [0.5, 0.6) is 0 Å². The Bertz CT molecular complexity index is 922. The van der Waals surface area contributed by atoms with Crippen LogP contribution in [0.4, 0.5) is 0 Å². The third-order valence-corrected chi connectivity index (χ3v) is 9.69. The molecule has 0 radical (unpaired) electrons. The summed E-state index contributed by atoms with van der Waals surface area (Å²) in [6, 6.07) is 0. The van der Waals surface area contributed by atoms with Crippen molar-refractivity contribution in [3.05, 3.63) is 11.6 Å². The number of esters is 3. The van der Waals surface area contributed by atoms with Crippen molar-refractivity contribution in [1.82, 2.24) is 0 Å². The van der Waals surface area contributed by atoms with E-state index >= 15 is 0 Å². The van der Waals surface area contributed by atoms with E-state index < -0.39 is 23.0 Å². The van der Waals surface area contributed by atoms with Crippen LogP contribution < -0.4 is 0 Å². The highest BCUT2D eigenvalue weighted by Gasteiger charge is 2.68. The molecule has 0 spiro atoms. The number of hydrogen-bond donors (Lipinski definition) is 0. The van der Waals surface area contributed by atoms with Gasteiger partial charge in [0.15, 0.2) is 12.2 Å². The molecule has 7 nitrogen and oxygen atoms in total. The van der Waals surface area contributed by atoms with E-state index in [-0.39, 0.29) is 35.8 Å². The van der Waals surface area contributed by atoms with Crippen molar-refractivity contribution in [2.45, 2.75) is 97.7 Å². The van der Waals surface area contributed by atoms with Crippen LogP contribution in [0.15, 0.2) is 11.6 Å². The molecule has 0 saturated heterocycles. The molecule has 0 heterocycles. The quantitative estimate of drug-likeness (QED) is 0.333. The SMILES string of the molecule is CC(=O)OCC(=O)[C@@]1(OC(C)=O)CC[C@H]2[C@@H]3CC=C4C[C@H](OC(C)=O)CC[C@]4(C)[C@H]3CC[C@@]21C. The lowest BCUT2D eigenvalue weighted by atomic mass is 9.46. The number of allylic oxidation sites excluding steroid dienone is 1. The molecule has 0 unspecified atom stereocenters. The third-order valence-electron chi connectivity index (χ3n) is 9.69. The van der Waals surface area contributed by atoms with Gasteiger partial charge in [0.25, 0.3) is 0 Å². The second-order valence-corrected chi connectivity index (χ2v) is 11.4. The molecule has 0 bridgehead atoms. The zero-order valence-electron chi connectivity index (χ0n) is 21.1. The molecule has 0 aromatic rings. The molecule has 4 aliphatic carbocycles. The highest BCUT2D eigenvalue weighted by atomic mass is 16.6. The fourth-order valence-corrected chi connectivity index (χ4v) is 8.17. The van der Waals surface area contributed by atoms with Gasteiger partial charge >= 0.3 is 17.9 Å². The summed E-state index contributed by atoms with van der Waals surface area (Å²) in [5.74, 6) is -0.382.